The first-order valence-corrected chi connectivity index (χ1v) is 4.94. The molecule has 1 nitrogen and oxygen atoms in total. The summed E-state index contributed by atoms with van der Waals surface area (Å²) in [5.74, 6) is 0.905. The summed E-state index contributed by atoms with van der Waals surface area (Å²) in [7, 11) is 0. The van der Waals surface area contributed by atoms with Gasteiger partial charge in [-0.15, -0.1) is 0 Å². The third-order valence-electron chi connectivity index (χ3n) is 3.39. The number of halogens is 1. The van der Waals surface area contributed by atoms with Gasteiger partial charge in [-0.25, -0.2) is 4.39 Å². The van der Waals surface area contributed by atoms with Crippen molar-refractivity contribution in [3.05, 3.63) is 0 Å². The molecule has 0 aromatic heterocycles. The van der Waals surface area contributed by atoms with Crippen molar-refractivity contribution in [1.29, 1.82) is 0 Å². The second-order valence-corrected chi connectivity index (χ2v) is 4.18. The lowest BCUT2D eigenvalue weighted by Gasteiger charge is -2.35. The van der Waals surface area contributed by atoms with E-state index in [4.69, 9.17) is 0 Å². The van der Waals surface area contributed by atoms with Crippen LogP contribution in [-0.4, -0.2) is 12.0 Å². The zero-order valence-corrected chi connectivity index (χ0v) is 7.26. The highest BCUT2D eigenvalue weighted by Gasteiger charge is 2.36. The Morgan fingerprint density at radius 3 is 2.58 bits per heavy atom. The third kappa shape index (κ3) is 1.39. The molecule has 0 spiro atoms. The number of Topliss-reactive ketones (excluding diaryl/α,β-unsaturated/α-hetero) is 1. The monoisotopic (exact) mass is 170 g/mol. The minimum atomic E-state index is -1.13. The molecule has 0 aliphatic heterocycles. The van der Waals surface area contributed by atoms with Crippen molar-refractivity contribution < 1.29 is 9.18 Å². The number of rotatable bonds is 0. The van der Waals surface area contributed by atoms with Crippen LogP contribution in [0.5, 0.6) is 0 Å². The van der Waals surface area contributed by atoms with Gasteiger partial charge in [0.05, 0.1) is 0 Å². The molecule has 0 aromatic carbocycles. The molecule has 0 saturated heterocycles. The van der Waals surface area contributed by atoms with E-state index in [2.05, 4.69) is 0 Å². The van der Waals surface area contributed by atoms with E-state index in [-0.39, 0.29) is 5.78 Å². The van der Waals surface area contributed by atoms with Gasteiger partial charge in [0.15, 0.2) is 12.0 Å². The number of hydrogen-bond donors (Lipinski definition) is 0. The highest BCUT2D eigenvalue weighted by Crippen LogP contribution is 2.39. The molecule has 68 valence electrons. The molecule has 0 N–H and O–H groups in total. The second kappa shape index (κ2) is 3.15. The fourth-order valence-electron chi connectivity index (χ4n) is 2.65. The average Bonchev–Trinajstić information content (AvgIpc) is 2.07. The van der Waals surface area contributed by atoms with Crippen molar-refractivity contribution >= 4 is 5.78 Å². The number of hydrogen-bond acceptors (Lipinski definition) is 1. The number of carbonyl (C=O) groups excluding carboxylic acids is 1. The molecular formula is C10H15FO. The molecule has 2 fully saturated rings. The first-order chi connectivity index (χ1) is 5.77. The molecule has 0 heterocycles. The molecule has 2 aliphatic rings. The van der Waals surface area contributed by atoms with Crippen molar-refractivity contribution in [1.82, 2.24) is 0 Å². The number of fused-ring (bicyclic) bond motifs is 1. The first-order valence-electron chi connectivity index (χ1n) is 4.94. The summed E-state index contributed by atoms with van der Waals surface area (Å²) in [6, 6.07) is 0. The number of alkyl halides is 1. The molecule has 2 saturated carbocycles. The summed E-state index contributed by atoms with van der Waals surface area (Å²) >= 11 is 0. The summed E-state index contributed by atoms with van der Waals surface area (Å²) < 4.78 is 13.0. The largest absolute Gasteiger partial charge is 0.296 e. The van der Waals surface area contributed by atoms with Crippen LogP contribution in [0.1, 0.15) is 38.5 Å². The Balaban J connectivity index is 2.02. The number of ketones is 1. The molecule has 2 heteroatoms. The molecule has 0 aromatic rings. The maximum Gasteiger partial charge on any atom is 0.167 e. The van der Waals surface area contributed by atoms with Gasteiger partial charge in [0, 0.05) is 6.42 Å². The summed E-state index contributed by atoms with van der Waals surface area (Å²) in [4.78, 5) is 11.1. The van der Waals surface area contributed by atoms with Gasteiger partial charge in [-0.3, -0.25) is 4.79 Å². The average molecular weight is 170 g/mol. The third-order valence-corrected chi connectivity index (χ3v) is 3.39. The second-order valence-electron chi connectivity index (χ2n) is 4.18. The molecule has 1 unspecified atom stereocenters. The lowest BCUT2D eigenvalue weighted by molar-refractivity contribution is -0.129. The fourth-order valence-corrected chi connectivity index (χ4v) is 2.65. The van der Waals surface area contributed by atoms with E-state index in [0.29, 0.717) is 24.7 Å². The molecule has 0 bridgehead atoms. The van der Waals surface area contributed by atoms with Crippen LogP contribution in [0.3, 0.4) is 0 Å². The quantitative estimate of drug-likeness (QED) is 0.546. The molecule has 0 amide bonds. The fraction of sp³-hybridized carbons (Fsp3) is 0.900. The van der Waals surface area contributed by atoms with E-state index < -0.39 is 6.17 Å². The van der Waals surface area contributed by atoms with Crippen LogP contribution in [0, 0.1) is 11.8 Å². The highest BCUT2D eigenvalue weighted by molar-refractivity contribution is 5.84. The van der Waals surface area contributed by atoms with Crippen LogP contribution < -0.4 is 0 Å². The van der Waals surface area contributed by atoms with Crippen LogP contribution >= 0.6 is 0 Å². The van der Waals surface area contributed by atoms with Crippen molar-refractivity contribution in [2.45, 2.75) is 44.7 Å². The van der Waals surface area contributed by atoms with Crippen LogP contribution in [0.25, 0.3) is 0 Å². The maximum atomic E-state index is 13.0. The van der Waals surface area contributed by atoms with Crippen LogP contribution in [0.15, 0.2) is 0 Å². The van der Waals surface area contributed by atoms with Gasteiger partial charge in [-0.05, 0) is 24.7 Å². The molecule has 12 heavy (non-hydrogen) atoms. The minimum Gasteiger partial charge on any atom is -0.296 e. The molecule has 0 radical (unpaired) electrons. The molecule has 2 rings (SSSR count). The summed E-state index contributed by atoms with van der Waals surface area (Å²) in [6.07, 6.45) is 4.69. The minimum absolute atomic E-state index is 0.141. The molecular weight excluding hydrogens is 155 g/mol. The van der Waals surface area contributed by atoms with Gasteiger partial charge >= 0.3 is 0 Å². The lowest BCUT2D eigenvalue weighted by Crippen LogP contribution is -2.34. The van der Waals surface area contributed by atoms with E-state index in [0.717, 1.165) is 12.8 Å². The van der Waals surface area contributed by atoms with Crippen LogP contribution in [-0.2, 0) is 4.79 Å². The van der Waals surface area contributed by atoms with Crippen LogP contribution in [0.2, 0.25) is 0 Å². The van der Waals surface area contributed by atoms with Gasteiger partial charge in [-0.1, -0.05) is 19.3 Å². The zero-order chi connectivity index (χ0) is 8.55. The maximum absolute atomic E-state index is 13.0. The predicted molar refractivity (Wildman–Crippen MR) is 44.6 cm³/mol. The lowest BCUT2D eigenvalue weighted by atomic mass is 9.70. The summed E-state index contributed by atoms with van der Waals surface area (Å²) in [5, 5.41) is 0. The molecule has 2 aliphatic carbocycles. The van der Waals surface area contributed by atoms with E-state index in [9.17, 15) is 9.18 Å². The van der Waals surface area contributed by atoms with Gasteiger partial charge in [-0.2, -0.15) is 0 Å². The standard InChI is InChI=1S/C10H15FO/c11-9-5-7-3-1-2-4-8(7)6-10(9)12/h7-9H,1-6H2/t7-,8-,9?/m1/s1. The van der Waals surface area contributed by atoms with Gasteiger partial charge in [0.1, 0.15) is 0 Å². The number of carbonyl (C=O) groups is 1. The van der Waals surface area contributed by atoms with Crippen molar-refractivity contribution in [3.8, 4) is 0 Å². The van der Waals surface area contributed by atoms with E-state index in [1.807, 2.05) is 0 Å². The van der Waals surface area contributed by atoms with Gasteiger partial charge in [0.2, 0.25) is 0 Å². The van der Waals surface area contributed by atoms with E-state index in [1.165, 1.54) is 12.8 Å². The van der Waals surface area contributed by atoms with Gasteiger partial charge in [0.25, 0.3) is 0 Å². The Morgan fingerprint density at radius 1 is 1.17 bits per heavy atom. The highest BCUT2D eigenvalue weighted by atomic mass is 19.1. The normalized spacial score (nSPS) is 42.4. The SMILES string of the molecule is O=C1C[C@H]2CCCC[C@@H]2CC1F. The Morgan fingerprint density at radius 2 is 1.83 bits per heavy atom. The van der Waals surface area contributed by atoms with Crippen molar-refractivity contribution in [3.63, 3.8) is 0 Å². The Labute approximate surface area is 72.3 Å². The summed E-state index contributed by atoms with van der Waals surface area (Å²) in [5.41, 5.74) is 0. The Kier molecular flexibility index (Phi) is 2.16. The van der Waals surface area contributed by atoms with Crippen molar-refractivity contribution in [2.75, 3.05) is 0 Å². The van der Waals surface area contributed by atoms with E-state index >= 15 is 0 Å². The Hall–Kier alpha value is -0.400. The van der Waals surface area contributed by atoms with Gasteiger partial charge < -0.3 is 0 Å². The predicted octanol–water partition coefficient (Wildman–Crippen LogP) is 2.49. The molecule has 3 atom stereocenters. The first kappa shape index (κ1) is 8.21. The smallest absolute Gasteiger partial charge is 0.167 e. The topological polar surface area (TPSA) is 17.1 Å². The van der Waals surface area contributed by atoms with Crippen molar-refractivity contribution in [2.24, 2.45) is 11.8 Å². The van der Waals surface area contributed by atoms with E-state index in [1.54, 1.807) is 0 Å². The summed E-state index contributed by atoms with van der Waals surface area (Å²) in [6.45, 7) is 0. The Bertz CT molecular complexity index is 190. The zero-order valence-electron chi connectivity index (χ0n) is 7.26. The van der Waals surface area contributed by atoms with Crippen LogP contribution in [0.4, 0.5) is 4.39 Å².